The summed E-state index contributed by atoms with van der Waals surface area (Å²) in [5.41, 5.74) is 0. The average molecular weight is 258 g/mol. The van der Waals surface area contributed by atoms with Gasteiger partial charge >= 0.3 is 0 Å². The lowest BCUT2D eigenvalue weighted by molar-refractivity contribution is -0.120. The molecule has 0 bridgehead atoms. The molecule has 1 fully saturated rings. The quantitative estimate of drug-likeness (QED) is 0.734. The third kappa shape index (κ3) is 7.66. The third-order valence-electron chi connectivity index (χ3n) is 2.98. The van der Waals surface area contributed by atoms with Gasteiger partial charge in [-0.15, -0.1) is 0 Å². The van der Waals surface area contributed by atoms with E-state index in [0.717, 1.165) is 19.5 Å². The largest absolute Gasteiger partial charge is 0.355 e. The van der Waals surface area contributed by atoms with Crippen LogP contribution in [-0.4, -0.2) is 36.5 Å². The van der Waals surface area contributed by atoms with Crippen LogP contribution in [0.15, 0.2) is 0 Å². The maximum Gasteiger partial charge on any atom is 0.233 e. The maximum absolute atomic E-state index is 11.5. The molecule has 17 heavy (non-hydrogen) atoms. The normalized spacial score (nSPS) is 20.5. The standard InChI is InChI=1S/C13H26N2OS/c1-11(2)6-7-15-13(16)10-14-9-12-5-3-4-8-17-12/h11-12,14H,3-10H2,1-2H3,(H,15,16). The molecule has 1 saturated heterocycles. The van der Waals surface area contributed by atoms with Gasteiger partial charge in [0.15, 0.2) is 0 Å². The predicted molar refractivity (Wildman–Crippen MR) is 75.4 cm³/mol. The zero-order chi connectivity index (χ0) is 12.5. The lowest BCUT2D eigenvalue weighted by Gasteiger charge is -2.21. The van der Waals surface area contributed by atoms with Crippen LogP contribution in [0.1, 0.15) is 39.5 Å². The Morgan fingerprint density at radius 1 is 1.41 bits per heavy atom. The van der Waals surface area contributed by atoms with Crippen LogP contribution in [0.2, 0.25) is 0 Å². The van der Waals surface area contributed by atoms with Gasteiger partial charge in [-0.3, -0.25) is 4.79 Å². The van der Waals surface area contributed by atoms with E-state index in [2.05, 4.69) is 24.5 Å². The van der Waals surface area contributed by atoms with Gasteiger partial charge in [0, 0.05) is 18.3 Å². The molecule has 0 aliphatic carbocycles. The molecule has 1 unspecified atom stereocenters. The Hall–Kier alpha value is -0.220. The van der Waals surface area contributed by atoms with Crippen LogP contribution < -0.4 is 10.6 Å². The topological polar surface area (TPSA) is 41.1 Å². The molecule has 100 valence electrons. The molecule has 0 aromatic heterocycles. The van der Waals surface area contributed by atoms with Crippen LogP contribution in [0.5, 0.6) is 0 Å². The van der Waals surface area contributed by atoms with E-state index in [4.69, 9.17) is 0 Å². The van der Waals surface area contributed by atoms with E-state index in [-0.39, 0.29) is 5.91 Å². The summed E-state index contributed by atoms with van der Waals surface area (Å²) >= 11 is 2.04. The first-order valence-electron chi connectivity index (χ1n) is 6.77. The highest BCUT2D eigenvalue weighted by molar-refractivity contribution is 7.99. The number of amides is 1. The highest BCUT2D eigenvalue weighted by atomic mass is 32.2. The fraction of sp³-hybridized carbons (Fsp3) is 0.923. The fourth-order valence-electron chi connectivity index (χ4n) is 1.88. The van der Waals surface area contributed by atoms with Gasteiger partial charge in [-0.05, 0) is 30.9 Å². The van der Waals surface area contributed by atoms with Crippen molar-refractivity contribution in [2.45, 2.75) is 44.8 Å². The molecule has 1 aliphatic heterocycles. The van der Waals surface area contributed by atoms with Gasteiger partial charge in [-0.2, -0.15) is 11.8 Å². The minimum Gasteiger partial charge on any atom is -0.355 e. The summed E-state index contributed by atoms with van der Waals surface area (Å²) in [6.07, 6.45) is 5.06. The van der Waals surface area contributed by atoms with Gasteiger partial charge in [-0.25, -0.2) is 0 Å². The van der Waals surface area contributed by atoms with E-state index in [9.17, 15) is 4.79 Å². The van der Waals surface area contributed by atoms with Gasteiger partial charge in [-0.1, -0.05) is 20.3 Å². The summed E-state index contributed by atoms with van der Waals surface area (Å²) in [5.74, 6) is 2.07. The predicted octanol–water partition coefficient (Wildman–Crippen LogP) is 2.02. The Kier molecular flexibility index (Phi) is 7.69. The Morgan fingerprint density at radius 3 is 2.88 bits per heavy atom. The Labute approximate surface area is 109 Å². The number of thioether (sulfide) groups is 1. The van der Waals surface area contributed by atoms with Crippen molar-refractivity contribution in [3.05, 3.63) is 0 Å². The van der Waals surface area contributed by atoms with Crippen molar-refractivity contribution in [2.75, 3.05) is 25.4 Å². The monoisotopic (exact) mass is 258 g/mol. The van der Waals surface area contributed by atoms with Crippen LogP contribution in [0, 0.1) is 5.92 Å². The summed E-state index contributed by atoms with van der Waals surface area (Å²) in [5, 5.41) is 6.92. The van der Waals surface area contributed by atoms with E-state index in [0.29, 0.717) is 17.7 Å². The summed E-state index contributed by atoms with van der Waals surface area (Å²) in [6.45, 7) is 6.59. The molecule has 0 radical (unpaired) electrons. The average Bonchev–Trinajstić information content (AvgIpc) is 2.30. The molecule has 2 N–H and O–H groups in total. The van der Waals surface area contributed by atoms with Crippen molar-refractivity contribution in [2.24, 2.45) is 5.92 Å². The first-order chi connectivity index (χ1) is 8.18. The molecule has 1 rings (SSSR count). The maximum atomic E-state index is 11.5. The van der Waals surface area contributed by atoms with Crippen LogP contribution in [-0.2, 0) is 4.79 Å². The minimum atomic E-state index is 0.131. The molecule has 4 heteroatoms. The van der Waals surface area contributed by atoms with Crippen LogP contribution in [0.4, 0.5) is 0 Å². The molecule has 1 atom stereocenters. The van der Waals surface area contributed by atoms with E-state index in [1.807, 2.05) is 11.8 Å². The summed E-state index contributed by atoms with van der Waals surface area (Å²) in [4.78, 5) is 11.5. The second-order valence-corrected chi connectivity index (χ2v) is 6.56. The minimum absolute atomic E-state index is 0.131. The van der Waals surface area contributed by atoms with Crippen molar-refractivity contribution in [1.82, 2.24) is 10.6 Å². The molecule has 1 heterocycles. The lowest BCUT2D eigenvalue weighted by atomic mass is 10.1. The first kappa shape index (κ1) is 14.8. The molecular weight excluding hydrogens is 232 g/mol. The number of hydrogen-bond donors (Lipinski definition) is 2. The van der Waals surface area contributed by atoms with Crippen molar-refractivity contribution < 1.29 is 4.79 Å². The van der Waals surface area contributed by atoms with Crippen LogP contribution >= 0.6 is 11.8 Å². The van der Waals surface area contributed by atoms with Crippen molar-refractivity contribution >= 4 is 17.7 Å². The molecule has 0 saturated carbocycles. The second-order valence-electron chi connectivity index (χ2n) is 5.15. The number of rotatable bonds is 7. The Bertz CT molecular complexity index is 215. The van der Waals surface area contributed by atoms with Crippen molar-refractivity contribution in [3.63, 3.8) is 0 Å². The van der Waals surface area contributed by atoms with Crippen molar-refractivity contribution in [3.8, 4) is 0 Å². The molecule has 0 aromatic carbocycles. The molecular formula is C13H26N2OS. The zero-order valence-electron chi connectivity index (χ0n) is 11.1. The molecule has 1 aliphatic rings. The second kappa shape index (κ2) is 8.81. The van der Waals surface area contributed by atoms with E-state index >= 15 is 0 Å². The first-order valence-corrected chi connectivity index (χ1v) is 7.82. The Balaban J connectivity index is 1.95. The molecule has 1 amide bonds. The molecule has 0 aromatic rings. The molecule has 0 spiro atoms. The van der Waals surface area contributed by atoms with E-state index < -0.39 is 0 Å². The van der Waals surface area contributed by atoms with E-state index in [1.165, 1.54) is 25.0 Å². The van der Waals surface area contributed by atoms with Crippen LogP contribution in [0.25, 0.3) is 0 Å². The number of carbonyl (C=O) groups is 1. The van der Waals surface area contributed by atoms with Gasteiger partial charge < -0.3 is 10.6 Å². The summed E-state index contributed by atoms with van der Waals surface area (Å²) in [6, 6.07) is 0. The van der Waals surface area contributed by atoms with Crippen molar-refractivity contribution in [1.29, 1.82) is 0 Å². The number of carbonyl (C=O) groups excluding carboxylic acids is 1. The fourth-order valence-corrected chi connectivity index (χ4v) is 3.15. The number of hydrogen-bond acceptors (Lipinski definition) is 3. The zero-order valence-corrected chi connectivity index (χ0v) is 11.9. The SMILES string of the molecule is CC(C)CCNC(=O)CNCC1CCCCS1. The number of nitrogens with one attached hydrogen (secondary N) is 2. The smallest absolute Gasteiger partial charge is 0.233 e. The highest BCUT2D eigenvalue weighted by Gasteiger charge is 2.13. The van der Waals surface area contributed by atoms with Gasteiger partial charge in [0.05, 0.1) is 6.54 Å². The highest BCUT2D eigenvalue weighted by Crippen LogP contribution is 2.23. The summed E-state index contributed by atoms with van der Waals surface area (Å²) in [7, 11) is 0. The molecule has 3 nitrogen and oxygen atoms in total. The summed E-state index contributed by atoms with van der Waals surface area (Å²) < 4.78 is 0. The van der Waals surface area contributed by atoms with Gasteiger partial charge in [0.1, 0.15) is 0 Å². The Morgan fingerprint density at radius 2 is 2.24 bits per heavy atom. The van der Waals surface area contributed by atoms with E-state index in [1.54, 1.807) is 0 Å². The lowest BCUT2D eigenvalue weighted by Crippen LogP contribution is -2.37. The van der Waals surface area contributed by atoms with Gasteiger partial charge in [0.25, 0.3) is 0 Å². The third-order valence-corrected chi connectivity index (χ3v) is 4.37. The van der Waals surface area contributed by atoms with Gasteiger partial charge in [0.2, 0.25) is 5.91 Å². The van der Waals surface area contributed by atoms with Crippen LogP contribution in [0.3, 0.4) is 0 Å².